The van der Waals surface area contributed by atoms with Gasteiger partial charge in [-0.2, -0.15) is 0 Å². The lowest BCUT2D eigenvalue weighted by molar-refractivity contribution is 0.200. The van der Waals surface area contributed by atoms with E-state index in [1.165, 1.54) is 19.3 Å². The lowest BCUT2D eigenvalue weighted by Crippen LogP contribution is -2.30. The van der Waals surface area contributed by atoms with Crippen molar-refractivity contribution in [3.8, 4) is 0 Å². The number of rotatable bonds is 13. The summed E-state index contributed by atoms with van der Waals surface area (Å²) in [5, 5.41) is 3.42. The number of nitrogens with two attached hydrogens (primary N) is 1. The predicted octanol–water partition coefficient (Wildman–Crippen LogP) is 1.78. The Bertz CT molecular complexity index is 167. The molecule has 0 spiro atoms. The molecule has 0 aromatic carbocycles. The van der Waals surface area contributed by atoms with Crippen LogP contribution in [0.3, 0.4) is 0 Å². The minimum absolute atomic E-state index is 0.640. The minimum Gasteiger partial charge on any atom is -0.397 e. The summed E-state index contributed by atoms with van der Waals surface area (Å²) in [5.74, 6) is 0. The van der Waals surface area contributed by atoms with Crippen molar-refractivity contribution in [2.45, 2.75) is 52.0 Å². The standard InChI is InChI=1S/C13H32N2O2Si/c1-4-13(18(16-5-2)17-6-3)9-7-11-15-12-8-10-14/h13,15,18H,4-12,14H2,1-3H3. The van der Waals surface area contributed by atoms with Crippen molar-refractivity contribution in [3.05, 3.63) is 0 Å². The second-order valence-corrected chi connectivity index (χ2v) is 6.83. The molecule has 0 rings (SSSR count). The molecule has 3 N–H and O–H groups in total. The van der Waals surface area contributed by atoms with Gasteiger partial charge in [-0.15, -0.1) is 0 Å². The summed E-state index contributed by atoms with van der Waals surface area (Å²) >= 11 is 0. The van der Waals surface area contributed by atoms with Crippen molar-refractivity contribution in [3.63, 3.8) is 0 Å². The highest BCUT2D eigenvalue weighted by atomic mass is 28.3. The van der Waals surface area contributed by atoms with E-state index in [-0.39, 0.29) is 0 Å². The van der Waals surface area contributed by atoms with E-state index >= 15 is 0 Å². The van der Waals surface area contributed by atoms with Crippen LogP contribution in [0.4, 0.5) is 0 Å². The maximum Gasteiger partial charge on any atom is 0.324 e. The van der Waals surface area contributed by atoms with Gasteiger partial charge in [0.25, 0.3) is 0 Å². The van der Waals surface area contributed by atoms with Crippen LogP contribution in [-0.2, 0) is 8.85 Å². The quantitative estimate of drug-likeness (QED) is 0.398. The SMILES string of the molecule is CCO[SiH](OCC)C(CC)CCCNCCCN. The Balaban J connectivity index is 3.77. The summed E-state index contributed by atoms with van der Waals surface area (Å²) in [6.45, 7) is 10.8. The van der Waals surface area contributed by atoms with Crippen molar-refractivity contribution in [2.75, 3.05) is 32.8 Å². The molecule has 0 radical (unpaired) electrons. The van der Waals surface area contributed by atoms with Crippen LogP contribution in [0.25, 0.3) is 0 Å². The molecule has 0 bridgehead atoms. The van der Waals surface area contributed by atoms with E-state index in [2.05, 4.69) is 26.1 Å². The third-order valence-corrected chi connectivity index (χ3v) is 5.96. The van der Waals surface area contributed by atoms with Crippen LogP contribution in [0, 0.1) is 0 Å². The maximum absolute atomic E-state index is 5.81. The summed E-state index contributed by atoms with van der Waals surface area (Å²) < 4.78 is 11.6. The van der Waals surface area contributed by atoms with Gasteiger partial charge in [0.2, 0.25) is 0 Å². The van der Waals surface area contributed by atoms with Crippen molar-refractivity contribution in [1.82, 2.24) is 5.32 Å². The Morgan fingerprint density at radius 3 is 2.17 bits per heavy atom. The largest absolute Gasteiger partial charge is 0.397 e. The predicted molar refractivity (Wildman–Crippen MR) is 80.2 cm³/mol. The van der Waals surface area contributed by atoms with Crippen LogP contribution in [-0.4, -0.2) is 42.1 Å². The molecule has 4 nitrogen and oxygen atoms in total. The molecular weight excluding hydrogens is 244 g/mol. The first kappa shape index (κ1) is 18.1. The summed E-state index contributed by atoms with van der Waals surface area (Å²) in [7, 11) is -1.46. The van der Waals surface area contributed by atoms with Crippen molar-refractivity contribution in [2.24, 2.45) is 5.73 Å². The molecule has 0 aliphatic heterocycles. The average Bonchev–Trinajstić information content (AvgIpc) is 2.38. The van der Waals surface area contributed by atoms with E-state index in [0.717, 1.165) is 39.3 Å². The van der Waals surface area contributed by atoms with Gasteiger partial charge < -0.3 is 19.9 Å². The highest BCUT2D eigenvalue weighted by Crippen LogP contribution is 2.23. The zero-order chi connectivity index (χ0) is 13.6. The molecule has 0 saturated carbocycles. The maximum atomic E-state index is 5.81. The Kier molecular flexibility index (Phi) is 13.5. The molecule has 0 aliphatic rings. The topological polar surface area (TPSA) is 56.5 Å². The van der Waals surface area contributed by atoms with Crippen molar-refractivity contribution in [1.29, 1.82) is 0 Å². The molecule has 0 amide bonds. The van der Waals surface area contributed by atoms with Gasteiger partial charge in [-0.05, 0) is 58.3 Å². The van der Waals surface area contributed by atoms with Gasteiger partial charge in [0.1, 0.15) is 0 Å². The zero-order valence-electron chi connectivity index (χ0n) is 12.4. The first-order valence-corrected chi connectivity index (χ1v) is 9.04. The molecule has 0 saturated heterocycles. The Morgan fingerprint density at radius 2 is 1.67 bits per heavy atom. The lowest BCUT2D eigenvalue weighted by Gasteiger charge is -2.23. The van der Waals surface area contributed by atoms with E-state index in [9.17, 15) is 0 Å². The highest BCUT2D eigenvalue weighted by Gasteiger charge is 2.23. The van der Waals surface area contributed by atoms with Gasteiger partial charge in [0, 0.05) is 13.2 Å². The van der Waals surface area contributed by atoms with Crippen molar-refractivity contribution < 1.29 is 8.85 Å². The summed E-state index contributed by atoms with van der Waals surface area (Å²) in [6.07, 6.45) is 4.64. The Hall–Kier alpha value is 0.0569. The fraction of sp³-hybridized carbons (Fsp3) is 1.00. The van der Waals surface area contributed by atoms with Gasteiger partial charge in [-0.3, -0.25) is 0 Å². The zero-order valence-corrected chi connectivity index (χ0v) is 13.6. The van der Waals surface area contributed by atoms with Gasteiger partial charge >= 0.3 is 9.28 Å². The third kappa shape index (κ3) is 9.05. The summed E-state index contributed by atoms with van der Waals surface area (Å²) in [4.78, 5) is 0. The average molecular weight is 276 g/mol. The molecule has 0 aromatic rings. The smallest absolute Gasteiger partial charge is 0.324 e. The van der Waals surface area contributed by atoms with Gasteiger partial charge in [0.15, 0.2) is 0 Å². The molecule has 0 heterocycles. The van der Waals surface area contributed by atoms with Gasteiger partial charge in [-0.1, -0.05) is 13.3 Å². The van der Waals surface area contributed by atoms with Crippen LogP contribution >= 0.6 is 0 Å². The highest BCUT2D eigenvalue weighted by molar-refractivity contribution is 6.46. The molecular formula is C13H32N2O2Si. The third-order valence-electron chi connectivity index (χ3n) is 3.06. The molecule has 0 aromatic heterocycles. The van der Waals surface area contributed by atoms with Crippen LogP contribution in [0.15, 0.2) is 0 Å². The van der Waals surface area contributed by atoms with E-state index in [0.29, 0.717) is 5.54 Å². The second-order valence-electron chi connectivity index (χ2n) is 4.48. The fourth-order valence-corrected chi connectivity index (χ4v) is 4.21. The molecule has 1 unspecified atom stereocenters. The molecule has 110 valence electrons. The van der Waals surface area contributed by atoms with E-state index in [1.54, 1.807) is 0 Å². The first-order valence-electron chi connectivity index (χ1n) is 7.44. The van der Waals surface area contributed by atoms with Crippen LogP contribution in [0.1, 0.15) is 46.5 Å². The van der Waals surface area contributed by atoms with Crippen LogP contribution in [0.5, 0.6) is 0 Å². The summed E-state index contributed by atoms with van der Waals surface area (Å²) in [5.41, 5.74) is 6.09. The number of nitrogens with one attached hydrogen (secondary N) is 1. The van der Waals surface area contributed by atoms with Gasteiger partial charge in [-0.25, -0.2) is 0 Å². The number of hydrogen-bond donors (Lipinski definition) is 2. The normalized spacial score (nSPS) is 13.2. The lowest BCUT2D eigenvalue weighted by atomic mass is 10.2. The van der Waals surface area contributed by atoms with Crippen LogP contribution in [0.2, 0.25) is 5.54 Å². The molecule has 18 heavy (non-hydrogen) atoms. The van der Waals surface area contributed by atoms with Crippen LogP contribution < -0.4 is 11.1 Å². The molecule has 5 heteroatoms. The van der Waals surface area contributed by atoms with E-state index in [4.69, 9.17) is 14.6 Å². The Labute approximate surface area is 114 Å². The minimum atomic E-state index is -1.46. The van der Waals surface area contributed by atoms with Gasteiger partial charge in [0.05, 0.1) is 0 Å². The fourth-order valence-electron chi connectivity index (χ4n) is 2.02. The monoisotopic (exact) mass is 276 g/mol. The summed E-state index contributed by atoms with van der Waals surface area (Å²) in [6, 6.07) is 0. The molecule has 0 aliphatic carbocycles. The molecule has 1 atom stereocenters. The van der Waals surface area contributed by atoms with Crippen molar-refractivity contribution >= 4 is 9.28 Å². The number of hydrogen-bond acceptors (Lipinski definition) is 4. The van der Waals surface area contributed by atoms with E-state index < -0.39 is 9.28 Å². The Morgan fingerprint density at radius 1 is 1.06 bits per heavy atom. The first-order chi connectivity index (χ1) is 8.79. The van der Waals surface area contributed by atoms with E-state index in [1.807, 2.05) is 0 Å². The molecule has 0 fully saturated rings. The second kappa shape index (κ2) is 13.5.